The van der Waals surface area contributed by atoms with Crippen LogP contribution >= 0.6 is 11.6 Å². The van der Waals surface area contributed by atoms with Gasteiger partial charge in [-0.2, -0.15) is 5.10 Å². The molecule has 0 aliphatic heterocycles. The van der Waals surface area contributed by atoms with E-state index in [1.54, 1.807) is 29.1 Å². The van der Waals surface area contributed by atoms with Crippen molar-refractivity contribution in [1.29, 1.82) is 0 Å². The molecule has 0 aliphatic rings. The van der Waals surface area contributed by atoms with E-state index in [4.69, 9.17) is 13.0 Å². The van der Waals surface area contributed by atoms with Crippen LogP contribution in [0.3, 0.4) is 0 Å². The Hall–Kier alpha value is -1.28. The van der Waals surface area contributed by atoms with Crippen molar-refractivity contribution in [2.75, 3.05) is 0 Å². The molecule has 2 nitrogen and oxygen atoms in total. The molecular formula is C9H7ClN2. The normalized spacial score (nSPS) is 11.2. The van der Waals surface area contributed by atoms with Crippen LogP contribution in [-0.2, 0) is 0 Å². The van der Waals surface area contributed by atoms with Gasteiger partial charge in [-0.15, -0.1) is 0 Å². The molecule has 12 heavy (non-hydrogen) atoms. The van der Waals surface area contributed by atoms with Crippen LogP contribution in [0.5, 0.6) is 0 Å². The molecule has 1 aromatic heterocycles. The van der Waals surface area contributed by atoms with E-state index in [0.717, 1.165) is 5.69 Å². The molecule has 2 aromatic rings. The highest BCUT2D eigenvalue weighted by Gasteiger charge is 1.93. The molecule has 1 heterocycles. The zero-order chi connectivity index (χ0) is 9.26. The van der Waals surface area contributed by atoms with Crippen molar-refractivity contribution in [3.8, 4) is 5.69 Å². The number of hydrogen-bond acceptors (Lipinski definition) is 1. The van der Waals surface area contributed by atoms with Crippen molar-refractivity contribution in [3.05, 3.63) is 47.7 Å². The van der Waals surface area contributed by atoms with Crippen molar-refractivity contribution in [3.63, 3.8) is 0 Å². The average Bonchev–Trinajstić information content (AvgIpc) is 2.53. The zero-order valence-corrected chi connectivity index (χ0v) is 6.99. The van der Waals surface area contributed by atoms with Crippen molar-refractivity contribution in [2.45, 2.75) is 0 Å². The third-order valence-electron chi connectivity index (χ3n) is 1.55. The first-order chi connectivity index (χ1) is 6.25. The van der Waals surface area contributed by atoms with E-state index in [1.807, 2.05) is 12.1 Å². The fourth-order valence-electron chi connectivity index (χ4n) is 0.970. The minimum Gasteiger partial charge on any atom is -0.241 e. The Bertz CT molecular complexity index is 408. The van der Waals surface area contributed by atoms with Gasteiger partial charge in [-0.05, 0) is 30.3 Å². The Morgan fingerprint density at radius 3 is 2.67 bits per heavy atom. The third kappa shape index (κ3) is 1.34. The summed E-state index contributed by atoms with van der Waals surface area (Å²) in [6.07, 6.45) is 2.00. The van der Waals surface area contributed by atoms with Crippen LogP contribution in [0.1, 0.15) is 1.37 Å². The number of aromatic nitrogens is 2. The maximum absolute atomic E-state index is 7.25. The van der Waals surface area contributed by atoms with E-state index in [-0.39, 0.29) is 6.17 Å². The molecule has 0 unspecified atom stereocenters. The lowest BCUT2D eigenvalue weighted by Crippen LogP contribution is -1.92. The Kier molecular flexibility index (Phi) is 1.56. The number of benzene rings is 1. The van der Waals surface area contributed by atoms with Gasteiger partial charge in [0.15, 0.2) is 0 Å². The number of rotatable bonds is 1. The summed E-state index contributed by atoms with van der Waals surface area (Å²) in [6.45, 7) is 0. The maximum Gasteiger partial charge on any atom is 0.0860 e. The van der Waals surface area contributed by atoms with Gasteiger partial charge in [-0.3, -0.25) is 0 Å². The van der Waals surface area contributed by atoms with E-state index in [0.29, 0.717) is 5.02 Å². The van der Waals surface area contributed by atoms with Crippen LogP contribution in [-0.4, -0.2) is 9.78 Å². The summed E-state index contributed by atoms with van der Waals surface area (Å²) in [5.41, 5.74) is 0.905. The van der Waals surface area contributed by atoms with E-state index in [2.05, 4.69) is 5.10 Å². The van der Waals surface area contributed by atoms with E-state index in [9.17, 15) is 0 Å². The molecule has 2 rings (SSSR count). The molecule has 60 valence electrons. The molecule has 0 N–H and O–H groups in total. The monoisotopic (exact) mass is 179 g/mol. The lowest BCUT2D eigenvalue weighted by Gasteiger charge is -1.99. The first kappa shape index (κ1) is 6.26. The first-order valence-electron chi connectivity index (χ1n) is 4.04. The molecule has 3 heteroatoms. The van der Waals surface area contributed by atoms with Gasteiger partial charge in [0.25, 0.3) is 0 Å². The average molecular weight is 180 g/mol. The van der Waals surface area contributed by atoms with Gasteiger partial charge in [0.1, 0.15) is 0 Å². The summed E-state index contributed by atoms with van der Waals surface area (Å²) in [4.78, 5) is 0. The minimum atomic E-state index is 0.259. The van der Waals surface area contributed by atoms with Gasteiger partial charge >= 0.3 is 0 Å². The number of halogens is 1. The quantitative estimate of drug-likeness (QED) is 0.658. The highest BCUT2D eigenvalue weighted by atomic mass is 35.5. The van der Waals surface area contributed by atoms with E-state index >= 15 is 0 Å². The molecule has 0 saturated heterocycles. The first-order valence-corrected chi connectivity index (χ1v) is 3.92. The molecule has 0 radical (unpaired) electrons. The highest BCUT2D eigenvalue weighted by molar-refractivity contribution is 6.30. The summed E-state index contributed by atoms with van der Waals surface area (Å²) in [5, 5.41) is 4.65. The molecule has 0 amide bonds. The Morgan fingerprint density at radius 1 is 1.33 bits per heavy atom. The molecule has 0 atom stereocenters. The van der Waals surface area contributed by atoms with Crippen LogP contribution in [0.4, 0.5) is 0 Å². The fourth-order valence-corrected chi connectivity index (χ4v) is 1.10. The topological polar surface area (TPSA) is 17.8 Å². The van der Waals surface area contributed by atoms with Crippen molar-refractivity contribution in [1.82, 2.24) is 9.78 Å². The fraction of sp³-hybridized carbons (Fsp3) is 0. The minimum absolute atomic E-state index is 0.259. The summed E-state index contributed by atoms with van der Waals surface area (Å²) in [5.74, 6) is 0. The second kappa shape index (κ2) is 2.99. The van der Waals surface area contributed by atoms with Gasteiger partial charge < -0.3 is 0 Å². The molecule has 0 saturated carbocycles. The molecule has 0 aliphatic carbocycles. The zero-order valence-electron chi connectivity index (χ0n) is 7.24. The summed E-state index contributed by atoms with van der Waals surface area (Å²) in [6, 6.07) is 8.93. The van der Waals surface area contributed by atoms with Gasteiger partial charge in [-0.25, -0.2) is 4.68 Å². The van der Waals surface area contributed by atoms with Crippen LogP contribution in [0.2, 0.25) is 5.02 Å². The lowest BCUT2D eigenvalue weighted by atomic mass is 10.3. The Labute approximate surface area is 76.8 Å². The second-order valence-corrected chi connectivity index (χ2v) is 2.80. The van der Waals surface area contributed by atoms with E-state index in [1.165, 1.54) is 0 Å². The predicted octanol–water partition coefficient (Wildman–Crippen LogP) is 2.53. The van der Waals surface area contributed by atoms with Gasteiger partial charge in [0.2, 0.25) is 0 Å². The summed E-state index contributed by atoms with van der Waals surface area (Å²) >= 11 is 5.74. The predicted molar refractivity (Wildman–Crippen MR) is 48.6 cm³/mol. The van der Waals surface area contributed by atoms with Gasteiger partial charge in [0, 0.05) is 17.4 Å². The third-order valence-corrected chi connectivity index (χ3v) is 1.80. The molecule has 1 aromatic carbocycles. The van der Waals surface area contributed by atoms with Crippen molar-refractivity contribution >= 4 is 11.6 Å². The van der Waals surface area contributed by atoms with Crippen LogP contribution in [0, 0.1) is 0 Å². The molecule has 0 bridgehead atoms. The van der Waals surface area contributed by atoms with Crippen molar-refractivity contribution < 1.29 is 1.37 Å². The Morgan fingerprint density at radius 2 is 2.08 bits per heavy atom. The smallest absolute Gasteiger partial charge is 0.0860 e. The molecule has 0 spiro atoms. The standard InChI is InChI=1S/C9H7ClN2/c10-8-2-4-9(5-3-8)12-7-1-6-11-12/h1-7H/i6D. The lowest BCUT2D eigenvalue weighted by molar-refractivity contribution is 0.880. The number of nitrogens with zero attached hydrogens (tertiary/aromatic N) is 2. The number of hydrogen-bond donors (Lipinski definition) is 0. The van der Waals surface area contributed by atoms with Crippen LogP contribution in [0.25, 0.3) is 5.69 Å². The van der Waals surface area contributed by atoms with Crippen LogP contribution in [0.15, 0.2) is 42.7 Å². The summed E-state index contributed by atoms with van der Waals surface area (Å²) < 4.78 is 8.89. The van der Waals surface area contributed by atoms with Gasteiger partial charge in [0.05, 0.1) is 7.06 Å². The molecular weight excluding hydrogens is 172 g/mol. The highest BCUT2D eigenvalue weighted by Crippen LogP contribution is 2.11. The summed E-state index contributed by atoms with van der Waals surface area (Å²) in [7, 11) is 0. The SMILES string of the molecule is [2H]c1ccn(-c2ccc(Cl)cc2)n1. The maximum atomic E-state index is 7.25. The second-order valence-electron chi connectivity index (χ2n) is 2.37. The largest absolute Gasteiger partial charge is 0.241 e. The van der Waals surface area contributed by atoms with E-state index < -0.39 is 0 Å². The Balaban J connectivity index is 2.41. The van der Waals surface area contributed by atoms with Crippen LogP contribution < -0.4 is 0 Å². The van der Waals surface area contributed by atoms with Crippen molar-refractivity contribution in [2.24, 2.45) is 0 Å². The van der Waals surface area contributed by atoms with Gasteiger partial charge in [-0.1, -0.05) is 11.6 Å². The molecule has 0 fully saturated rings.